The van der Waals surface area contributed by atoms with Gasteiger partial charge >= 0.3 is 41.6 Å². The average molecular weight is 540 g/mol. The Labute approximate surface area is 250 Å². The van der Waals surface area contributed by atoms with Crippen molar-refractivity contribution < 1.29 is 59.7 Å². The summed E-state index contributed by atoms with van der Waals surface area (Å²) in [6, 6.07) is 21.0. The summed E-state index contributed by atoms with van der Waals surface area (Å²) in [4.78, 5) is 47.3. The molecule has 0 bridgehead atoms. The van der Waals surface area contributed by atoms with Crippen LogP contribution in [0.4, 0.5) is 10.5 Å². The van der Waals surface area contributed by atoms with Gasteiger partial charge in [-0.25, -0.2) is 9.59 Å². The number of rotatable bonds is 7. The normalized spacial score (nSPS) is 10.4. The zero-order valence-electron chi connectivity index (χ0n) is 23.9. The van der Waals surface area contributed by atoms with Crippen LogP contribution in [0.1, 0.15) is 30.0 Å². The predicted octanol–water partition coefficient (Wildman–Crippen LogP) is 1.96. The summed E-state index contributed by atoms with van der Waals surface area (Å²) in [6.07, 6.45) is 0. The molecule has 0 N–H and O–H groups in total. The van der Waals surface area contributed by atoms with Gasteiger partial charge in [0.2, 0.25) is 0 Å². The molecule has 0 aliphatic heterocycles. The first-order valence-electron chi connectivity index (χ1n) is 11.9. The van der Waals surface area contributed by atoms with E-state index in [0.717, 1.165) is 20.8 Å². The third-order valence-corrected chi connectivity index (χ3v) is 6.01. The maximum Gasteiger partial charge on any atom is 1.00 e. The number of anilines is 1. The van der Waals surface area contributed by atoms with Crippen LogP contribution >= 0.6 is 0 Å². The number of carbonyl (C=O) groups is 3. The number of hydrogen-bond donors (Lipinski definition) is 0. The van der Waals surface area contributed by atoms with Crippen molar-refractivity contribution in [3.8, 4) is 11.5 Å². The van der Waals surface area contributed by atoms with Crippen molar-refractivity contribution in [2.45, 2.75) is 20.4 Å². The van der Waals surface area contributed by atoms with Gasteiger partial charge < -0.3 is 15.7 Å². The van der Waals surface area contributed by atoms with Crippen molar-refractivity contribution >= 4 is 34.5 Å². The van der Waals surface area contributed by atoms with Gasteiger partial charge in [0.05, 0.1) is 26.3 Å². The summed E-state index contributed by atoms with van der Waals surface area (Å²) in [5.41, 5.74) is 2.65. The van der Waals surface area contributed by atoms with Gasteiger partial charge in [-0.05, 0) is 42.3 Å². The maximum absolute atomic E-state index is 14.0. The monoisotopic (exact) mass is 539 g/mol. The third-order valence-electron chi connectivity index (χ3n) is 6.01. The zero-order chi connectivity index (χ0) is 27.4. The SMILES string of the molecule is COc1cc(C)cc(OC)c1N(Cc1ccccc1)C(=O)N(C)C(=O)c1cc2ccccc2n1OC(C)=O.[H-].[Na+]. The number of aryl methyl sites for hydroxylation is 1. The number of fused-ring (bicyclic) bond motifs is 1. The van der Waals surface area contributed by atoms with Crippen LogP contribution in [0.5, 0.6) is 11.5 Å². The number of amides is 3. The van der Waals surface area contributed by atoms with E-state index in [-0.39, 0.29) is 43.2 Å². The first-order valence-corrected chi connectivity index (χ1v) is 11.9. The van der Waals surface area contributed by atoms with E-state index in [9.17, 15) is 14.4 Å². The van der Waals surface area contributed by atoms with Gasteiger partial charge in [0.15, 0.2) is 0 Å². The standard InChI is InChI=1S/C29H29N3O6.Na.H/c1-19-15-25(36-4)27(26(16-19)37-5)31(18-21-11-7-6-8-12-21)29(35)30(3)28(34)24-17-22-13-9-10-14-23(22)32(24)38-20(2)33;;/h6-17H,18H2,1-5H3;;/q;+1;-1. The summed E-state index contributed by atoms with van der Waals surface area (Å²) in [7, 11) is 4.40. The molecule has 1 heterocycles. The Kier molecular flexibility index (Phi) is 9.80. The van der Waals surface area contributed by atoms with E-state index in [1.165, 1.54) is 33.1 Å². The maximum atomic E-state index is 14.0. The van der Waals surface area contributed by atoms with Gasteiger partial charge in [-0.3, -0.25) is 14.6 Å². The van der Waals surface area contributed by atoms with Crippen LogP contribution in [0, 0.1) is 6.92 Å². The van der Waals surface area contributed by atoms with Gasteiger partial charge in [-0.2, -0.15) is 4.73 Å². The molecule has 0 aliphatic carbocycles. The van der Waals surface area contributed by atoms with E-state index in [1.54, 1.807) is 42.5 Å². The molecule has 0 fully saturated rings. The quantitative estimate of drug-likeness (QED) is 0.334. The third kappa shape index (κ3) is 6.27. The van der Waals surface area contributed by atoms with E-state index < -0.39 is 17.9 Å². The Morgan fingerprint density at radius 2 is 1.49 bits per heavy atom. The van der Waals surface area contributed by atoms with Crippen LogP contribution < -0.4 is 48.8 Å². The fourth-order valence-electron chi connectivity index (χ4n) is 4.24. The minimum atomic E-state index is -0.657. The van der Waals surface area contributed by atoms with E-state index in [1.807, 2.05) is 37.3 Å². The van der Waals surface area contributed by atoms with E-state index >= 15 is 0 Å². The minimum Gasteiger partial charge on any atom is -1.00 e. The Morgan fingerprint density at radius 3 is 2.08 bits per heavy atom. The van der Waals surface area contributed by atoms with Crippen molar-refractivity contribution in [3.05, 3.63) is 89.6 Å². The molecule has 198 valence electrons. The van der Waals surface area contributed by atoms with E-state index in [0.29, 0.717) is 28.1 Å². The van der Waals surface area contributed by atoms with Crippen LogP contribution in [-0.4, -0.2) is 48.8 Å². The fourth-order valence-corrected chi connectivity index (χ4v) is 4.24. The second kappa shape index (κ2) is 12.8. The average Bonchev–Trinajstić information content (AvgIpc) is 3.28. The Hall–Kier alpha value is -3.79. The van der Waals surface area contributed by atoms with Gasteiger partial charge in [-0.15, -0.1) is 0 Å². The molecule has 0 aliphatic rings. The van der Waals surface area contributed by atoms with Crippen molar-refractivity contribution in [1.29, 1.82) is 0 Å². The summed E-state index contributed by atoms with van der Waals surface area (Å²) < 4.78 is 12.4. The molecule has 0 radical (unpaired) electrons. The molecular formula is C29H30N3NaO6. The van der Waals surface area contributed by atoms with Crippen LogP contribution in [0.3, 0.4) is 0 Å². The summed E-state index contributed by atoms with van der Waals surface area (Å²) >= 11 is 0. The van der Waals surface area contributed by atoms with Crippen molar-refractivity contribution in [1.82, 2.24) is 9.63 Å². The number of para-hydroxylation sites is 1. The minimum absolute atomic E-state index is 0. The van der Waals surface area contributed by atoms with Gasteiger partial charge in [0.1, 0.15) is 22.9 Å². The molecular weight excluding hydrogens is 509 g/mol. The molecule has 4 aromatic rings. The molecule has 0 unspecified atom stereocenters. The second-order valence-electron chi connectivity index (χ2n) is 8.70. The van der Waals surface area contributed by atoms with Gasteiger partial charge in [0.25, 0.3) is 5.91 Å². The Balaban J connectivity index is 0.00000280. The van der Waals surface area contributed by atoms with Crippen LogP contribution in [-0.2, 0) is 11.3 Å². The molecule has 0 saturated heterocycles. The number of aromatic nitrogens is 1. The van der Waals surface area contributed by atoms with E-state index in [2.05, 4.69) is 0 Å². The first kappa shape index (κ1) is 29.8. The number of nitrogens with zero attached hydrogens (tertiary/aromatic N) is 3. The predicted molar refractivity (Wildman–Crippen MR) is 145 cm³/mol. The summed E-state index contributed by atoms with van der Waals surface area (Å²) in [6.45, 7) is 3.27. The second-order valence-corrected chi connectivity index (χ2v) is 8.70. The number of benzene rings is 3. The molecule has 0 spiro atoms. The van der Waals surface area contributed by atoms with Gasteiger partial charge in [-0.1, -0.05) is 48.5 Å². The first-order chi connectivity index (χ1) is 18.2. The molecule has 0 saturated carbocycles. The Bertz CT molecular complexity index is 1480. The molecule has 10 heteroatoms. The molecule has 9 nitrogen and oxygen atoms in total. The fraction of sp³-hybridized carbons (Fsp3) is 0.207. The topological polar surface area (TPSA) is 90.3 Å². The van der Waals surface area contributed by atoms with Crippen LogP contribution in [0.2, 0.25) is 0 Å². The number of ether oxygens (including phenoxy) is 2. The smallest absolute Gasteiger partial charge is 1.00 e. The number of methoxy groups -OCH3 is 2. The van der Waals surface area contributed by atoms with Crippen LogP contribution in [0.15, 0.2) is 72.8 Å². The molecule has 3 amide bonds. The number of hydrogen-bond acceptors (Lipinski definition) is 6. The molecule has 0 atom stereocenters. The zero-order valence-corrected chi connectivity index (χ0v) is 24.9. The van der Waals surface area contributed by atoms with Crippen LogP contribution in [0.25, 0.3) is 10.9 Å². The van der Waals surface area contributed by atoms with Crippen molar-refractivity contribution in [2.24, 2.45) is 0 Å². The van der Waals surface area contributed by atoms with Gasteiger partial charge in [0, 0.05) is 19.4 Å². The molecule has 1 aromatic heterocycles. The molecule has 39 heavy (non-hydrogen) atoms. The van der Waals surface area contributed by atoms with Crippen molar-refractivity contribution in [2.75, 3.05) is 26.2 Å². The summed E-state index contributed by atoms with van der Waals surface area (Å²) in [5, 5.41) is 0.681. The van der Waals surface area contributed by atoms with Crippen molar-refractivity contribution in [3.63, 3.8) is 0 Å². The number of urea groups is 1. The largest absolute Gasteiger partial charge is 1.00 e. The summed E-state index contributed by atoms with van der Waals surface area (Å²) in [5.74, 6) is -0.424. The number of carbonyl (C=O) groups excluding carboxylic acids is 3. The number of imide groups is 1. The van der Waals surface area contributed by atoms with E-state index in [4.69, 9.17) is 14.3 Å². The molecule has 4 rings (SSSR count). The molecule has 3 aromatic carbocycles. The Morgan fingerprint density at radius 1 is 0.897 bits per heavy atom.